The normalized spacial score (nSPS) is 17.3. The topological polar surface area (TPSA) is 115 Å². The molecular weight excluding hydrogens is 460 g/mol. The van der Waals surface area contributed by atoms with Crippen LogP contribution < -0.4 is 4.74 Å². The van der Waals surface area contributed by atoms with E-state index in [9.17, 15) is 14.4 Å². The minimum atomic E-state index is -1.06. The molecule has 1 fully saturated rings. The highest BCUT2D eigenvalue weighted by atomic mass is 16.5. The number of aromatic nitrogens is 3. The largest absolute Gasteiger partial charge is 0.482 e. The van der Waals surface area contributed by atoms with Crippen molar-refractivity contribution in [1.29, 1.82) is 0 Å². The Hall–Kier alpha value is -3.75. The van der Waals surface area contributed by atoms with Crippen molar-refractivity contribution in [3.63, 3.8) is 0 Å². The summed E-state index contributed by atoms with van der Waals surface area (Å²) in [5.41, 5.74) is 2.47. The summed E-state index contributed by atoms with van der Waals surface area (Å²) < 4.78 is 7.14. The molecule has 2 aliphatic rings. The van der Waals surface area contributed by atoms with E-state index in [4.69, 9.17) is 9.84 Å². The molecule has 0 saturated carbocycles. The first kappa shape index (κ1) is 24.0. The standard InChI is InChI=1S/C27H30N4O5/c1-26(2,3)31-15-19-12-27(13-22(32)24(19)29-31)6-8-30(9-7-27)25(35)18-10-17-11-20(36-16-23(33)34)4-5-21(17)28-14-18/h4-5,10-11,14-15H,6-9,12-13,16H2,1-3H3,(H,33,34). The van der Waals surface area contributed by atoms with E-state index in [-0.39, 0.29) is 22.6 Å². The van der Waals surface area contributed by atoms with Crippen LogP contribution in [0.1, 0.15) is 66.4 Å². The summed E-state index contributed by atoms with van der Waals surface area (Å²) >= 11 is 0. The highest BCUT2D eigenvalue weighted by Crippen LogP contribution is 2.43. The van der Waals surface area contributed by atoms with Gasteiger partial charge in [0.1, 0.15) is 11.4 Å². The molecule has 2 aromatic heterocycles. The van der Waals surface area contributed by atoms with Crippen LogP contribution in [0, 0.1) is 5.41 Å². The van der Waals surface area contributed by atoms with E-state index < -0.39 is 12.6 Å². The van der Waals surface area contributed by atoms with Gasteiger partial charge in [0, 0.05) is 42.9 Å². The summed E-state index contributed by atoms with van der Waals surface area (Å²) in [6.45, 7) is 6.93. The maximum absolute atomic E-state index is 13.3. The van der Waals surface area contributed by atoms with Crippen molar-refractivity contribution in [1.82, 2.24) is 19.7 Å². The Morgan fingerprint density at radius 1 is 1.14 bits per heavy atom. The number of amides is 1. The first-order valence-corrected chi connectivity index (χ1v) is 12.2. The second-order valence-corrected chi connectivity index (χ2v) is 10.9. The van der Waals surface area contributed by atoms with Crippen molar-refractivity contribution in [2.24, 2.45) is 5.41 Å². The predicted octanol–water partition coefficient (Wildman–Crippen LogP) is 3.70. The van der Waals surface area contributed by atoms with E-state index in [0.717, 1.165) is 24.8 Å². The van der Waals surface area contributed by atoms with E-state index in [1.807, 2.05) is 15.8 Å². The fourth-order valence-electron chi connectivity index (χ4n) is 5.19. The van der Waals surface area contributed by atoms with Crippen LogP contribution in [0.4, 0.5) is 0 Å². The third kappa shape index (κ3) is 4.57. The monoisotopic (exact) mass is 490 g/mol. The lowest BCUT2D eigenvalue weighted by Crippen LogP contribution is -2.46. The van der Waals surface area contributed by atoms with Gasteiger partial charge in [0.25, 0.3) is 5.91 Å². The van der Waals surface area contributed by atoms with Gasteiger partial charge in [0.2, 0.25) is 0 Å². The molecule has 1 N–H and O–H groups in total. The van der Waals surface area contributed by atoms with E-state index in [1.165, 1.54) is 0 Å². The maximum Gasteiger partial charge on any atom is 0.341 e. The molecule has 1 spiro atoms. The van der Waals surface area contributed by atoms with E-state index in [1.54, 1.807) is 30.5 Å². The molecular formula is C27H30N4O5. The quantitative estimate of drug-likeness (QED) is 0.593. The number of carbonyl (C=O) groups excluding carboxylic acids is 2. The van der Waals surface area contributed by atoms with Crippen LogP contribution in [0.3, 0.4) is 0 Å². The van der Waals surface area contributed by atoms with Gasteiger partial charge in [0.15, 0.2) is 12.4 Å². The highest BCUT2D eigenvalue weighted by molar-refractivity contribution is 5.98. The predicted molar refractivity (Wildman–Crippen MR) is 132 cm³/mol. The molecule has 188 valence electrons. The Balaban J connectivity index is 1.29. The number of ether oxygens (including phenoxy) is 1. The van der Waals surface area contributed by atoms with Gasteiger partial charge < -0.3 is 14.7 Å². The lowest BCUT2D eigenvalue weighted by Gasteiger charge is -2.43. The number of carboxylic acid groups (broad SMARTS) is 1. The number of hydrogen-bond donors (Lipinski definition) is 1. The van der Waals surface area contributed by atoms with Crippen molar-refractivity contribution in [3.05, 3.63) is 53.5 Å². The summed E-state index contributed by atoms with van der Waals surface area (Å²) in [4.78, 5) is 43.3. The zero-order chi connectivity index (χ0) is 25.7. The third-order valence-electron chi connectivity index (χ3n) is 7.22. The Kier molecular flexibility index (Phi) is 5.81. The summed E-state index contributed by atoms with van der Waals surface area (Å²) in [5.74, 6) is -0.649. The molecule has 9 nitrogen and oxygen atoms in total. The smallest absolute Gasteiger partial charge is 0.341 e. The lowest BCUT2D eigenvalue weighted by molar-refractivity contribution is -0.139. The van der Waals surface area contributed by atoms with Crippen molar-refractivity contribution >= 4 is 28.6 Å². The number of benzene rings is 1. The number of likely N-dealkylation sites (tertiary alicyclic amines) is 1. The van der Waals surface area contributed by atoms with Crippen LogP contribution in [0.2, 0.25) is 0 Å². The highest BCUT2D eigenvalue weighted by Gasteiger charge is 2.43. The molecule has 1 aromatic carbocycles. The Labute approximate surface area is 209 Å². The van der Waals surface area contributed by atoms with E-state index >= 15 is 0 Å². The van der Waals surface area contributed by atoms with Crippen LogP contribution in [0.5, 0.6) is 5.75 Å². The van der Waals surface area contributed by atoms with Crippen LogP contribution in [0.15, 0.2) is 36.7 Å². The Morgan fingerprint density at radius 2 is 1.89 bits per heavy atom. The number of aliphatic carboxylic acids is 1. The first-order chi connectivity index (χ1) is 17.0. The summed E-state index contributed by atoms with van der Waals surface area (Å²) in [5, 5.41) is 14.1. The second kappa shape index (κ2) is 8.72. The molecule has 5 rings (SSSR count). The molecule has 9 heteroatoms. The molecule has 0 bridgehead atoms. The summed E-state index contributed by atoms with van der Waals surface area (Å²) in [7, 11) is 0. The van der Waals surface area contributed by atoms with Gasteiger partial charge >= 0.3 is 5.97 Å². The molecule has 0 unspecified atom stereocenters. The van der Waals surface area contributed by atoms with Crippen molar-refractivity contribution in [2.75, 3.05) is 19.7 Å². The number of fused-ring (bicyclic) bond motifs is 2. The van der Waals surface area contributed by atoms with Crippen LogP contribution in [-0.4, -0.2) is 62.1 Å². The van der Waals surface area contributed by atoms with Crippen molar-refractivity contribution in [3.8, 4) is 5.75 Å². The molecule has 0 radical (unpaired) electrons. The molecule has 36 heavy (non-hydrogen) atoms. The summed E-state index contributed by atoms with van der Waals surface area (Å²) in [6, 6.07) is 6.85. The van der Waals surface area contributed by atoms with Gasteiger partial charge in [-0.3, -0.25) is 19.3 Å². The number of rotatable bonds is 4. The van der Waals surface area contributed by atoms with Gasteiger partial charge in [-0.1, -0.05) is 0 Å². The number of carbonyl (C=O) groups is 3. The molecule has 0 atom stereocenters. The second-order valence-electron chi connectivity index (χ2n) is 10.9. The molecule has 3 aromatic rings. The average Bonchev–Trinajstić information content (AvgIpc) is 3.27. The zero-order valence-corrected chi connectivity index (χ0v) is 20.8. The minimum Gasteiger partial charge on any atom is -0.482 e. The average molecular weight is 491 g/mol. The van der Waals surface area contributed by atoms with Crippen molar-refractivity contribution < 1.29 is 24.2 Å². The Bertz CT molecular complexity index is 1360. The van der Waals surface area contributed by atoms with Gasteiger partial charge in [-0.15, -0.1) is 0 Å². The number of Topliss-reactive ketones (excluding diaryl/α,β-unsaturated/α-hetero) is 1. The van der Waals surface area contributed by atoms with Gasteiger partial charge in [-0.2, -0.15) is 5.10 Å². The minimum absolute atomic E-state index is 0.0960. The lowest BCUT2D eigenvalue weighted by atomic mass is 9.67. The van der Waals surface area contributed by atoms with E-state index in [2.05, 4.69) is 30.9 Å². The number of nitrogens with zero attached hydrogens (tertiary/aromatic N) is 4. The number of ketones is 1. The first-order valence-electron chi connectivity index (χ1n) is 12.2. The number of pyridine rings is 1. The van der Waals surface area contributed by atoms with Crippen LogP contribution >= 0.6 is 0 Å². The third-order valence-corrected chi connectivity index (χ3v) is 7.22. The SMILES string of the molecule is CC(C)(C)n1cc2c(n1)C(=O)CC1(CCN(C(=O)c3cnc4ccc(OCC(=O)O)cc4c3)CC1)C2. The fourth-order valence-corrected chi connectivity index (χ4v) is 5.19. The van der Waals surface area contributed by atoms with E-state index in [0.29, 0.717) is 47.4 Å². The molecule has 1 amide bonds. The molecule has 1 saturated heterocycles. The van der Waals surface area contributed by atoms with Gasteiger partial charge in [-0.05, 0) is 69.7 Å². The molecule has 3 heterocycles. The maximum atomic E-state index is 13.3. The van der Waals surface area contributed by atoms with Crippen molar-refractivity contribution in [2.45, 2.75) is 52.0 Å². The summed E-state index contributed by atoms with van der Waals surface area (Å²) in [6.07, 6.45) is 6.39. The number of piperidine rings is 1. The van der Waals surface area contributed by atoms with Gasteiger partial charge in [0.05, 0.1) is 16.6 Å². The fraction of sp³-hybridized carbons (Fsp3) is 0.444. The number of hydrogen-bond acceptors (Lipinski definition) is 6. The van der Waals surface area contributed by atoms with Gasteiger partial charge in [-0.25, -0.2) is 4.79 Å². The molecule has 1 aliphatic heterocycles. The van der Waals surface area contributed by atoms with Crippen LogP contribution in [0.25, 0.3) is 10.9 Å². The zero-order valence-electron chi connectivity index (χ0n) is 20.8. The molecule has 1 aliphatic carbocycles. The Morgan fingerprint density at radius 3 is 2.58 bits per heavy atom. The number of carboxylic acids is 1. The van der Waals surface area contributed by atoms with Crippen LogP contribution in [-0.2, 0) is 16.8 Å².